The number of rotatable bonds is 2. The molecule has 0 unspecified atom stereocenters. The number of amidine groups is 1. The third-order valence-corrected chi connectivity index (χ3v) is 4.56. The van der Waals surface area contributed by atoms with E-state index in [-0.39, 0.29) is 17.2 Å². The Morgan fingerprint density at radius 3 is 2.33 bits per heavy atom. The van der Waals surface area contributed by atoms with Gasteiger partial charge in [0.2, 0.25) is 5.91 Å². The summed E-state index contributed by atoms with van der Waals surface area (Å²) in [6.45, 7) is 3.75. The number of sulfonamides is 1. The molecule has 0 saturated carbocycles. The number of carbonyl (C=O) groups excluding carboxylic acids is 1. The van der Waals surface area contributed by atoms with Crippen molar-refractivity contribution in [2.24, 2.45) is 4.99 Å². The number of aryl methyl sites for hydroxylation is 1. The number of aliphatic imine (C=N–C) groups is 1. The van der Waals surface area contributed by atoms with E-state index >= 15 is 0 Å². The molecule has 1 aromatic rings. The lowest BCUT2D eigenvalue weighted by atomic mass is 10.2. The lowest BCUT2D eigenvalue weighted by Gasteiger charge is -2.24. The molecule has 0 N–H and O–H groups in total. The number of amides is 1. The normalized spacial score (nSPS) is 16.7. The zero-order chi connectivity index (χ0) is 13.3. The molecule has 18 heavy (non-hydrogen) atoms. The summed E-state index contributed by atoms with van der Waals surface area (Å²) in [5.74, 6) is -0.199. The molecule has 6 heteroatoms. The maximum Gasteiger partial charge on any atom is 0.271 e. The molecule has 1 aliphatic rings. The van der Waals surface area contributed by atoms with E-state index in [9.17, 15) is 13.2 Å². The van der Waals surface area contributed by atoms with Crippen molar-refractivity contribution in [1.29, 1.82) is 0 Å². The number of hydrogen-bond donors (Lipinski definition) is 0. The Balaban J connectivity index is 2.48. The Hall–Kier alpha value is -1.69. The van der Waals surface area contributed by atoms with Gasteiger partial charge in [0.15, 0.2) is 0 Å². The van der Waals surface area contributed by atoms with Gasteiger partial charge in [0, 0.05) is 13.0 Å². The third kappa shape index (κ3) is 2.15. The Morgan fingerprint density at radius 1 is 1.17 bits per heavy atom. The average Bonchev–Trinajstić information content (AvgIpc) is 2.29. The standard InChI is InChI=1S/C12H14N2O3S/c1-9-3-5-11(6-4-9)18(16,17)14-10(2)13-8-7-12(14)15/h3-6H,7-8H2,1-2H3. The summed E-state index contributed by atoms with van der Waals surface area (Å²) in [5.41, 5.74) is 0.962. The molecule has 0 aromatic heterocycles. The second-order valence-electron chi connectivity index (χ2n) is 4.16. The maximum absolute atomic E-state index is 12.3. The molecule has 1 aromatic carbocycles. The summed E-state index contributed by atoms with van der Waals surface area (Å²) in [4.78, 5) is 15.9. The minimum absolute atomic E-state index is 0.109. The van der Waals surface area contributed by atoms with Gasteiger partial charge in [0.1, 0.15) is 5.84 Å². The van der Waals surface area contributed by atoms with Gasteiger partial charge in [-0.1, -0.05) is 17.7 Å². The van der Waals surface area contributed by atoms with Crippen molar-refractivity contribution in [3.05, 3.63) is 29.8 Å². The highest BCUT2D eigenvalue weighted by Crippen LogP contribution is 2.20. The van der Waals surface area contributed by atoms with Crippen molar-refractivity contribution in [3.8, 4) is 0 Å². The first-order chi connectivity index (χ1) is 8.43. The molecule has 0 spiro atoms. The van der Waals surface area contributed by atoms with Crippen molar-refractivity contribution in [1.82, 2.24) is 4.31 Å². The summed E-state index contributed by atoms with van der Waals surface area (Å²) in [6.07, 6.45) is 0.127. The summed E-state index contributed by atoms with van der Waals surface area (Å²) < 4.78 is 25.5. The maximum atomic E-state index is 12.3. The van der Waals surface area contributed by atoms with Gasteiger partial charge in [-0.3, -0.25) is 9.79 Å². The molecule has 1 heterocycles. The van der Waals surface area contributed by atoms with Gasteiger partial charge >= 0.3 is 0 Å². The number of benzene rings is 1. The number of hydrogen-bond acceptors (Lipinski definition) is 4. The van der Waals surface area contributed by atoms with Crippen molar-refractivity contribution in [2.45, 2.75) is 25.2 Å². The van der Waals surface area contributed by atoms with Crippen LogP contribution in [0.15, 0.2) is 34.2 Å². The lowest BCUT2D eigenvalue weighted by Crippen LogP contribution is -2.43. The predicted molar refractivity (Wildman–Crippen MR) is 67.8 cm³/mol. The molecule has 96 valence electrons. The molecule has 0 saturated heterocycles. The van der Waals surface area contributed by atoms with Crippen LogP contribution < -0.4 is 0 Å². The molecule has 0 bridgehead atoms. The molecule has 0 radical (unpaired) electrons. The van der Waals surface area contributed by atoms with E-state index in [4.69, 9.17) is 0 Å². The summed E-state index contributed by atoms with van der Waals surface area (Å²) in [6, 6.07) is 6.40. The first kappa shape index (κ1) is 12.8. The zero-order valence-electron chi connectivity index (χ0n) is 10.3. The molecular formula is C12H14N2O3S. The molecule has 1 amide bonds. The van der Waals surface area contributed by atoms with Crippen LogP contribution >= 0.6 is 0 Å². The average molecular weight is 266 g/mol. The van der Waals surface area contributed by atoms with Gasteiger partial charge in [0.05, 0.1) is 4.90 Å². The highest BCUT2D eigenvalue weighted by atomic mass is 32.2. The highest BCUT2D eigenvalue weighted by molar-refractivity contribution is 7.90. The predicted octanol–water partition coefficient (Wildman–Crippen LogP) is 1.33. The van der Waals surface area contributed by atoms with Crippen LogP contribution in [0.3, 0.4) is 0 Å². The van der Waals surface area contributed by atoms with E-state index in [0.717, 1.165) is 9.87 Å². The fourth-order valence-corrected chi connectivity index (χ4v) is 3.24. The van der Waals surface area contributed by atoms with Crippen LogP contribution in [0.4, 0.5) is 0 Å². The smallest absolute Gasteiger partial charge is 0.271 e. The van der Waals surface area contributed by atoms with Crippen LogP contribution in [0.1, 0.15) is 18.9 Å². The van der Waals surface area contributed by atoms with Gasteiger partial charge in [-0.05, 0) is 26.0 Å². The van der Waals surface area contributed by atoms with Crippen LogP contribution in [0.25, 0.3) is 0 Å². The number of carbonyl (C=O) groups is 1. The minimum Gasteiger partial charge on any atom is -0.273 e. The van der Waals surface area contributed by atoms with Crippen LogP contribution in [0.2, 0.25) is 0 Å². The second kappa shape index (κ2) is 4.53. The van der Waals surface area contributed by atoms with Gasteiger partial charge in [-0.15, -0.1) is 0 Å². The molecule has 0 atom stereocenters. The third-order valence-electron chi connectivity index (χ3n) is 2.75. The summed E-state index contributed by atoms with van der Waals surface area (Å²) in [5, 5.41) is 0. The van der Waals surface area contributed by atoms with E-state index < -0.39 is 15.9 Å². The summed E-state index contributed by atoms with van der Waals surface area (Å²) >= 11 is 0. The Morgan fingerprint density at radius 2 is 1.78 bits per heavy atom. The van der Waals surface area contributed by atoms with E-state index in [1.54, 1.807) is 12.1 Å². The molecule has 1 aliphatic heterocycles. The van der Waals surface area contributed by atoms with Crippen LogP contribution in [0.5, 0.6) is 0 Å². The molecule has 2 rings (SSSR count). The Labute approximate surface area is 106 Å². The Bertz CT molecular complexity index is 603. The van der Waals surface area contributed by atoms with Gasteiger partial charge in [-0.25, -0.2) is 8.42 Å². The van der Waals surface area contributed by atoms with Gasteiger partial charge < -0.3 is 0 Å². The zero-order valence-corrected chi connectivity index (χ0v) is 11.1. The van der Waals surface area contributed by atoms with Gasteiger partial charge in [-0.2, -0.15) is 4.31 Å². The van der Waals surface area contributed by atoms with E-state index in [1.807, 2.05) is 6.92 Å². The van der Waals surface area contributed by atoms with Crippen LogP contribution in [0, 0.1) is 6.92 Å². The van der Waals surface area contributed by atoms with Crippen molar-refractivity contribution in [3.63, 3.8) is 0 Å². The van der Waals surface area contributed by atoms with Crippen molar-refractivity contribution >= 4 is 21.8 Å². The molecule has 5 nitrogen and oxygen atoms in total. The molecule has 0 fully saturated rings. The van der Waals surface area contributed by atoms with Crippen molar-refractivity contribution < 1.29 is 13.2 Å². The van der Waals surface area contributed by atoms with Crippen LogP contribution in [-0.2, 0) is 14.8 Å². The molecule has 0 aliphatic carbocycles. The SMILES string of the molecule is CC1=NCCC(=O)N1S(=O)(=O)c1ccc(C)cc1. The first-order valence-corrected chi connectivity index (χ1v) is 7.03. The van der Waals surface area contributed by atoms with E-state index in [1.165, 1.54) is 19.1 Å². The van der Waals surface area contributed by atoms with E-state index in [0.29, 0.717) is 6.54 Å². The minimum atomic E-state index is -3.82. The van der Waals surface area contributed by atoms with Crippen molar-refractivity contribution in [2.75, 3.05) is 6.54 Å². The fraction of sp³-hybridized carbons (Fsp3) is 0.333. The topological polar surface area (TPSA) is 66.8 Å². The quantitative estimate of drug-likeness (QED) is 0.811. The Kier molecular flexibility index (Phi) is 3.21. The monoisotopic (exact) mass is 266 g/mol. The van der Waals surface area contributed by atoms with Gasteiger partial charge in [0.25, 0.3) is 10.0 Å². The van der Waals surface area contributed by atoms with Crippen LogP contribution in [-0.4, -0.2) is 31.0 Å². The number of nitrogens with zero attached hydrogens (tertiary/aromatic N) is 2. The fourth-order valence-electron chi connectivity index (χ4n) is 1.78. The lowest BCUT2D eigenvalue weighted by molar-refractivity contribution is -0.124. The van der Waals surface area contributed by atoms with E-state index in [2.05, 4.69) is 4.99 Å². The highest BCUT2D eigenvalue weighted by Gasteiger charge is 2.33. The summed E-state index contributed by atoms with van der Waals surface area (Å²) in [7, 11) is -3.82. The largest absolute Gasteiger partial charge is 0.273 e. The second-order valence-corrected chi connectivity index (χ2v) is 5.94. The first-order valence-electron chi connectivity index (χ1n) is 5.59. The molecular weight excluding hydrogens is 252 g/mol.